The van der Waals surface area contributed by atoms with Gasteiger partial charge >= 0.3 is 0 Å². The Balaban J connectivity index is 2.64. The first-order valence-electron chi connectivity index (χ1n) is 11.8. The molecule has 196 valence electrons. The van der Waals surface area contributed by atoms with E-state index in [2.05, 4.69) is 32.4 Å². The van der Waals surface area contributed by atoms with E-state index in [0.29, 0.717) is 13.2 Å². The van der Waals surface area contributed by atoms with Crippen LogP contribution in [-0.2, 0) is 32.7 Å². The molecule has 1 saturated heterocycles. The molecular formula is C24H43N2O7P. The highest BCUT2D eigenvalue weighted by Gasteiger charge is 2.51. The second-order valence-corrected chi connectivity index (χ2v) is 10.7. The normalized spacial score (nSPS) is 27.4. The molecular weight excluding hydrogens is 459 g/mol. The van der Waals surface area contributed by atoms with E-state index < -0.39 is 38.4 Å². The van der Waals surface area contributed by atoms with Crippen molar-refractivity contribution in [2.45, 2.75) is 77.4 Å². The van der Waals surface area contributed by atoms with Gasteiger partial charge in [-0.3, -0.25) is 4.52 Å². The van der Waals surface area contributed by atoms with Gasteiger partial charge in [-0.15, -0.1) is 0 Å². The Morgan fingerprint density at radius 2 is 1.50 bits per heavy atom. The Morgan fingerprint density at radius 3 is 1.97 bits per heavy atom. The minimum Gasteiger partial charge on any atom is -0.382 e. The van der Waals surface area contributed by atoms with E-state index in [1.807, 2.05) is 37.3 Å². The molecule has 2 unspecified atom stereocenters. The monoisotopic (exact) mass is 502 g/mol. The van der Waals surface area contributed by atoms with Crippen molar-refractivity contribution in [3.63, 3.8) is 0 Å². The van der Waals surface area contributed by atoms with E-state index in [1.165, 1.54) is 0 Å². The average molecular weight is 503 g/mol. The van der Waals surface area contributed by atoms with Gasteiger partial charge in [0.05, 0.1) is 18.9 Å². The lowest BCUT2D eigenvalue weighted by molar-refractivity contribution is -0.294. The number of ether oxygens (including phenoxy) is 5. The third-order valence-corrected chi connectivity index (χ3v) is 8.69. The third kappa shape index (κ3) is 6.87. The first-order valence-corrected chi connectivity index (χ1v) is 13.3. The summed E-state index contributed by atoms with van der Waals surface area (Å²) in [4.78, 5) is 0. The molecule has 0 aromatic heterocycles. The Kier molecular flexibility index (Phi) is 12.1. The van der Waals surface area contributed by atoms with Crippen molar-refractivity contribution in [3.05, 3.63) is 30.3 Å². The standard InChI is InChI=1S/C24H43N2O7P/c1-10-31-34(26(17(2)3)18(4)5,25-19-14-12-11-13-15-19)33-24-23(30-9)22(29-8)21(28-7)20(32-24)16-27-6/h11-15,17-18,20-24H,10,16H2,1-9H3/t20-,21-,22+,23-,24?,34?/m1/s1. The minimum absolute atomic E-state index is 0.0941. The van der Waals surface area contributed by atoms with E-state index in [-0.39, 0.29) is 12.1 Å². The Hall–Kier alpha value is -0.870. The smallest absolute Gasteiger partial charge is 0.298 e. The Labute approximate surface area is 205 Å². The third-order valence-electron chi connectivity index (χ3n) is 5.63. The van der Waals surface area contributed by atoms with E-state index in [0.717, 1.165) is 5.69 Å². The molecule has 0 N–H and O–H groups in total. The van der Waals surface area contributed by atoms with Crippen LogP contribution in [0.15, 0.2) is 35.1 Å². The zero-order valence-corrected chi connectivity index (χ0v) is 22.9. The van der Waals surface area contributed by atoms with E-state index >= 15 is 0 Å². The van der Waals surface area contributed by atoms with Gasteiger partial charge < -0.3 is 28.2 Å². The maximum Gasteiger partial charge on any atom is 0.298 e. The molecule has 1 aromatic rings. The van der Waals surface area contributed by atoms with Crippen LogP contribution in [0.3, 0.4) is 0 Å². The minimum atomic E-state index is -3.05. The molecule has 0 amide bonds. The lowest BCUT2D eigenvalue weighted by Crippen LogP contribution is -2.61. The lowest BCUT2D eigenvalue weighted by Gasteiger charge is -2.47. The summed E-state index contributed by atoms with van der Waals surface area (Å²) in [6.45, 7) is 11.1. The van der Waals surface area contributed by atoms with Crippen molar-refractivity contribution in [1.82, 2.24) is 4.67 Å². The highest BCUT2D eigenvalue weighted by molar-refractivity contribution is 7.54. The molecule has 0 saturated carbocycles. The quantitative estimate of drug-likeness (QED) is 0.354. The summed E-state index contributed by atoms with van der Waals surface area (Å²) in [6.07, 6.45) is -2.67. The number of nitrogens with zero attached hydrogens (tertiary/aromatic N) is 2. The fourth-order valence-electron chi connectivity index (χ4n) is 4.44. The van der Waals surface area contributed by atoms with Crippen LogP contribution >= 0.6 is 7.66 Å². The molecule has 1 heterocycles. The summed E-state index contributed by atoms with van der Waals surface area (Å²) in [5, 5.41) is 0. The maximum absolute atomic E-state index is 6.82. The molecule has 0 spiro atoms. The second kappa shape index (κ2) is 14.0. The van der Waals surface area contributed by atoms with Crippen molar-refractivity contribution in [2.24, 2.45) is 4.74 Å². The summed E-state index contributed by atoms with van der Waals surface area (Å²) in [5.41, 5.74) is 0.770. The fourth-order valence-corrected chi connectivity index (χ4v) is 7.32. The van der Waals surface area contributed by atoms with Gasteiger partial charge in [0, 0.05) is 40.5 Å². The summed E-state index contributed by atoms with van der Waals surface area (Å²) < 4.78 is 49.7. The van der Waals surface area contributed by atoms with Gasteiger partial charge in [0.15, 0.2) is 6.29 Å². The van der Waals surface area contributed by atoms with Crippen LogP contribution in [-0.4, -0.2) is 89.1 Å². The van der Waals surface area contributed by atoms with Crippen LogP contribution in [0.1, 0.15) is 34.6 Å². The van der Waals surface area contributed by atoms with Gasteiger partial charge in [-0.2, -0.15) is 0 Å². The number of hydrogen-bond donors (Lipinski definition) is 0. The van der Waals surface area contributed by atoms with Gasteiger partial charge in [0.1, 0.15) is 24.4 Å². The summed E-state index contributed by atoms with van der Waals surface area (Å²) in [7, 11) is 3.43. The molecule has 1 aliphatic heterocycles. The molecule has 1 aromatic carbocycles. The zero-order chi connectivity index (χ0) is 25.3. The van der Waals surface area contributed by atoms with Crippen LogP contribution in [0, 0.1) is 0 Å². The topological polar surface area (TPSA) is 80.2 Å². The highest BCUT2D eigenvalue weighted by Crippen LogP contribution is 2.61. The molecule has 0 aliphatic carbocycles. The number of hydrogen-bond acceptors (Lipinski definition) is 8. The van der Waals surface area contributed by atoms with Crippen LogP contribution in [0.5, 0.6) is 0 Å². The first kappa shape index (κ1) is 29.4. The van der Waals surface area contributed by atoms with Gasteiger partial charge in [-0.1, -0.05) is 18.2 Å². The van der Waals surface area contributed by atoms with Crippen molar-refractivity contribution in [3.8, 4) is 0 Å². The number of rotatable bonds is 13. The molecule has 1 fully saturated rings. The number of methoxy groups -OCH3 is 4. The molecule has 1 aliphatic rings. The molecule has 0 bridgehead atoms. The fraction of sp³-hybridized carbons (Fsp3) is 0.750. The lowest BCUT2D eigenvalue weighted by atomic mass is 9.98. The Bertz CT molecular complexity index is 757. The van der Waals surface area contributed by atoms with E-state index in [4.69, 9.17) is 37.5 Å². The molecule has 2 rings (SSSR count). The van der Waals surface area contributed by atoms with Crippen LogP contribution < -0.4 is 0 Å². The summed E-state index contributed by atoms with van der Waals surface area (Å²) >= 11 is 0. The Morgan fingerprint density at radius 1 is 0.912 bits per heavy atom. The van der Waals surface area contributed by atoms with Crippen molar-refractivity contribution in [2.75, 3.05) is 41.7 Å². The van der Waals surface area contributed by atoms with Crippen LogP contribution in [0.2, 0.25) is 0 Å². The molecule has 6 atom stereocenters. The molecule has 9 nitrogen and oxygen atoms in total. The van der Waals surface area contributed by atoms with Crippen molar-refractivity contribution < 1.29 is 32.7 Å². The summed E-state index contributed by atoms with van der Waals surface area (Å²) in [5.74, 6) is 0. The van der Waals surface area contributed by atoms with E-state index in [9.17, 15) is 0 Å². The second-order valence-electron chi connectivity index (χ2n) is 8.62. The van der Waals surface area contributed by atoms with Crippen LogP contribution in [0.25, 0.3) is 0 Å². The zero-order valence-electron chi connectivity index (χ0n) is 22.0. The highest BCUT2D eigenvalue weighted by atomic mass is 31.2. The molecule has 34 heavy (non-hydrogen) atoms. The van der Waals surface area contributed by atoms with Gasteiger partial charge in [0.2, 0.25) is 0 Å². The predicted octanol–water partition coefficient (Wildman–Crippen LogP) is 4.85. The SMILES string of the molecule is CCOP(=Nc1ccccc1)(OC1O[C@H](COC)[C@@H](OC)[C@H](OC)[C@H]1OC)N(C(C)C)C(C)C. The van der Waals surface area contributed by atoms with Gasteiger partial charge in [0.25, 0.3) is 7.66 Å². The van der Waals surface area contributed by atoms with Crippen LogP contribution in [0.4, 0.5) is 5.69 Å². The van der Waals surface area contributed by atoms with Crippen molar-refractivity contribution in [1.29, 1.82) is 0 Å². The first-order chi connectivity index (χ1) is 16.3. The van der Waals surface area contributed by atoms with Crippen molar-refractivity contribution >= 4 is 13.3 Å². The predicted molar refractivity (Wildman–Crippen MR) is 133 cm³/mol. The maximum atomic E-state index is 6.82. The summed E-state index contributed by atoms with van der Waals surface area (Å²) in [6, 6.07) is 9.92. The number of benzene rings is 1. The molecule has 0 radical (unpaired) electrons. The largest absolute Gasteiger partial charge is 0.382 e. The van der Waals surface area contributed by atoms with Gasteiger partial charge in [-0.25, -0.2) is 9.42 Å². The van der Waals surface area contributed by atoms with E-state index in [1.54, 1.807) is 28.4 Å². The van der Waals surface area contributed by atoms with Gasteiger partial charge in [-0.05, 0) is 46.8 Å². The molecule has 10 heteroatoms. The average Bonchev–Trinajstić information content (AvgIpc) is 2.79.